The quantitative estimate of drug-likeness (QED) is 0.463. The summed E-state index contributed by atoms with van der Waals surface area (Å²) in [6.45, 7) is 3.97. The Morgan fingerprint density at radius 3 is 2.43 bits per heavy atom. The van der Waals surface area contributed by atoms with Crippen LogP contribution in [0.15, 0.2) is 78.2 Å². The maximum Gasteiger partial charge on any atom is 0.234 e. The molecule has 0 aliphatic carbocycles. The van der Waals surface area contributed by atoms with E-state index < -0.39 is 0 Å². The van der Waals surface area contributed by atoms with Crippen molar-refractivity contribution in [3.8, 4) is 17.1 Å². The van der Waals surface area contributed by atoms with Crippen LogP contribution in [0.25, 0.3) is 17.1 Å². The molecule has 0 aliphatic heterocycles. The second kappa shape index (κ2) is 8.92. The lowest BCUT2D eigenvalue weighted by Crippen LogP contribution is -2.15. The van der Waals surface area contributed by atoms with Gasteiger partial charge in [-0.15, -0.1) is 10.2 Å². The summed E-state index contributed by atoms with van der Waals surface area (Å²) < 4.78 is 1.83. The van der Waals surface area contributed by atoms with Crippen LogP contribution in [0, 0.1) is 13.8 Å². The summed E-state index contributed by atoms with van der Waals surface area (Å²) in [5.41, 5.74) is 4.89. The van der Waals surface area contributed by atoms with Gasteiger partial charge in [0.15, 0.2) is 5.82 Å². The smallest absolute Gasteiger partial charge is 0.234 e. The number of para-hydroxylation sites is 1. The molecule has 0 bridgehead atoms. The van der Waals surface area contributed by atoms with Crippen molar-refractivity contribution in [3.05, 3.63) is 84.3 Å². The Morgan fingerprint density at radius 2 is 1.73 bits per heavy atom. The SMILES string of the molecule is Cc1cccc(C)c1NC(=O)CSc1ccc(-n2cnc(-c3ccccc3)c2)nn1. The molecule has 4 aromatic rings. The Hall–Kier alpha value is -3.45. The van der Waals surface area contributed by atoms with Crippen molar-refractivity contribution in [3.63, 3.8) is 0 Å². The van der Waals surface area contributed by atoms with Gasteiger partial charge in [0.2, 0.25) is 5.91 Å². The predicted octanol–water partition coefficient (Wildman–Crippen LogP) is 4.68. The van der Waals surface area contributed by atoms with Crippen LogP contribution in [0.2, 0.25) is 0 Å². The molecule has 2 aromatic heterocycles. The van der Waals surface area contributed by atoms with Crippen LogP contribution in [0.3, 0.4) is 0 Å². The summed E-state index contributed by atoms with van der Waals surface area (Å²) in [6.07, 6.45) is 3.64. The molecule has 4 rings (SSSR count). The van der Waals surface area contributed by atoms with Crippen LogP contribution in [0.4, 0.5) is 5.69 Å². The maximum absolute atomic E-state index is 12.3. The molecule has 6 nitrogen and oxygen atoms in total. The molecular weight excluding hydrogens is 394 g/mol. The normalized spacial score (nSPS) is 10.7. The highest BCUT2D eigenvalue weighted by molar-refractivity contribution is 7.99. The lowest BCUT2D eigenvalue weighted by atomic mass is 10.1. The topological polar surface area (TPSA) is 72.7 Å². The third-order valence-corrected chi connectivity index (χ3v) is 5.56. The Bertz CT molecular complexity index is 1140. The minimum absolute atomic E-state index is 0.0645. The van der Waals surface area contributed by atoms with E-state index in [9.17, 15) is 4.79 Å². The molecule has 2 heterocycles. The van der Waals surface area contributed by atoms with E-state index in [1.807, 2.05) is 85.3 Å². The zero-order chi connectivity index (χ0) is 20.9. The Balaban J connectivity index is 1.37. The highest BCUT2D eigenvalue weighted by Crippen LogP contribution is 2.22. The van der Waals surface area contributed by atoms with E-state index >= 15 is 0 Å². The zero-order valence-electron chi connectivity index (χ0n) is 16.7. The number of benzene rings is 2. The average Bonchev–Trinajstić information content (AvgIpc) is 3.26. The van der Waals surface area contributed by atoms with Gasteiger partial charge in [-0.25, -0.2) is 4.98 Å². The number of amides is 1. The largest absolute Gasteiger partial charge is 0.325 e. The van der Waals surface area contributed by atoms with Crippen molar-refractivity contribution in [1.29, 1.82) is 0 Å². The number of aryl methyl sites for hydroxylation is 2. The Kier molecular flexibility index (Phi) is 5.90. The van der Waals surface area contributed by atoms with Gasteiger partial charge in [-0.3, -0.25) is 9.36 Å². The number of aromatic nitrogens is 4. The van der Waals surface area contributed by atoms with Crippen molar-refractivity contribution in [1.82, 2.24) is 19.7 Å². The third kappa shape index (κ3) is 4.58. The van der Waals surface area contributed by atoms with Crippen molar-refractivity contribution >= 4 is 23.4 Å². The Morgan fingerprint density at radius 1 is 0.967 bits per heavy atom. The van der Waals surface area contributed by atoms with Crippen LogP contribution in [-0.2, 0) is 4.79 Å². The molecule has 0 fully saturated rings. The van der Waals surface area contributed by atoms with Crippen LogP contribution in [0.1, 0.15) is 11.1 Å². The standard InChI is InChI=1S/C23H21N5OS/c1-16-7-6-8-17(2)23(16)25-21(29)14-30-22-12-11-20(26-27-22)28-13-19(24-15-28)18-9-4-3-5-10-18/h3-13,15H,14H2,1-2H3,(H,25,29). The molecular formula is C23H21N5OS. The molecule has 2 aromatic carbocycles. The van der Waals surface area contributed by atoms with Gasteiger partial charge in [0, 0.05) is 17.4 Å². The van der Waals surface area contributed by atoms with Gasteiger partial charge in [-0.1, -0.05) is 60.3 Å². The van der Waals surface area contributed by atoms with E-state index in [1.165, 1.54) is 11.8 Å². The minimum Gasteiger partial charge on any atom is -0.325 e. The molecule has 0 saturated carbocycles. The van der Waals surface area contributed by atoms with Gasteiger partial charge in [-0.05, 0) is 37.1 Å². The lowest BCUT2D eigenvalue weighted by molar-refractivity contribution is -0.113. The van der Waals surface area contributed by atoms with Crippen LogP contribution in [-0.4, -0.2) is 31.4 Å². The van der Waals surface area contributed by atoms with E-state index in [4.69, 9.17) is 0 Å². The number of rotatable bonds is 6. The second-order valence-corrected chi connectivity index (χ2v) is 7.86. The average molecular weight is 416 g/mol. The van der Waals surface area contributed by atoms with Gasteiger partial charge < -0.3 is 5.32 Å². The van der Waals surface area contributed by atoms with Crippen LogP contribution < -0.4 is 5.32 Å². The molecule has 0 aliphatic rings. The summed E-state index contributed by atoms with van der Waals surface area (Å²) in [6, 6.07) is 19.7. The van der Waals surface area contributed by atoms with Gasteiger partial charge in [0.05, 0.1) is 11.4 Å². The summed E-state index contributed by atoms with van der Waals surface area (Å²) >= 11 is 1.35. The predicted molar refractivity (Wildman–Crippen MR) is 120 cm³/mol. The highest BCUT2D eigenvalue weighted by Gasteiger charge is 2.09. The van der Waals surface area contributed by atoms with Gasteiger partial charge in [-0.2, -0.15) is 0 Å². The number of thioether (sulfide) groups is 1. The molecule has 0 radical (unpaired) electrons. The fourth-order valence-corrected chi connectivity index (χ4v) is 3.67. The maximum atomic E-state index is 12.3. The molecule has 0 atom stereocenters. The third-order valence-electron chi connectivity index (χ3n) is 4.64. The number of nitrogens with one attached hydrogen (secondary N) is 1. The highest BCUT2D eigenvalue weighted by atomic mass is 32.2. The number of carbonyl (C=O) groups excluding carboxylic acids is 1. The number of imidazole rings is 1. The number of anilines is 1. The molecule has 0 unspecified atom stereocenters. The van der Waals surface area contributed by atoms with Crippen molar-refractivity contribution in [2.75, 3.05) is 11.1 Å². The van der Waals surface area contributed by atoms with E-state index in [0.29, 0.717) is 10.8 Å². The van der Waals surface area contributed by atoms with Crippen molar-refractivity contribution in [2.24, 2.45) is 0 Å². The van der Waals surface area contributed by atoms with Crippen molar-refractivity contribution < 1.29 is 4.79 Å². The second-order valence-electron chi connectivity index (χ2n) is 6.87. The molecule has 30 heavy (non-hydrogen) atoms. The summed E-state index contributed by atoms with van der Waals surface area (Å²) in [5, 5.41) is 12.2. The van der Waals surface area contributed by atoms with Crippen LogP contribution >= 0.6 is 11.8 Å². The first-order chi connectivity index (χ1) is 14.6. The van der Waals surface area contributed by atoms with E-state index in [2.05, 4.69) is 20.5 Å². The molecule has 0 saturated heterocycles. The van der Waals surface area contributed by atoms with Gasteiger partial charge in [0.25, 0.3) is 0 Å². The first kappa shape index (κ1) is 19.8. The number of carbonyl (C=O) groups is 1. The molecule has 1 amide bonds. The fourth-order valence-electron chi connectivity index (χ4n) is 3.06. The summed E-state index contributed by atoms with van der Waals surface area (Å²) in [5.74, 6) is 0.879. The summed E-state index contributed by atoms with van der Waals surface area (Å²) in [7, 11) is 0. The fraction of sp³-hybridized carbons (Fsp3) is 0.130. The molecule has 150 valence electrons. The van der Waals surface area contributed by atoms with Crippen molar-refractivity contribution in [2.45, 2.75) is 18.9 Å². The number of hydrogen-bond acceptors (Lipinski definition) is 5. The van der Waals surface area contributed by atoms with E-state index in [-0.39, 0.29) is 11.7 Å². The zero-order valence-corrected chi connectivity index (χ0v) is 17.6. The minimum atomic E-state index is -0.0645. The summed E-state index contributed by atoms with van der Waals surface area (Å²) in [4.78, 5) is 16.8. The van der Waals surface area contributed by atoms with E-state index in [0.717, 1.165) is 28.1 Å². The van der Waals surface area contributed by atoms with Gasteiger partial charge >= 0.3 is 0 Å². The number of hydrogen-bond donors (Lipinski definition) is 1. The van der Waals surface area contributed by atoms with E-state index in [1.54, 1.807) is 6.33 Å². The molecule has 7 heteroatoms. The first-order valence-corrected chi connectivity index (χ1v) is 10.5. The first-order valence-electron chi connectivity index (χ1n) is 9.52. The monoisotopic (exact) mass is 415 g/mol. The number of nitrogens with zero attached hydrogens (tertiary/aromatic N) is 4. The molecule has 0 spiro atoms. The van der Waals surface area contributed by atoms with Gasteiger partial charge in [0.1, 0.15) is 11.4 Å². The Labute approximate surface area is 179 Å². The van der Waals surface area contributed by atoms with Crippen LogP contribution in [0.5, 0.6) is 0 Å². The molecule has 1 N–H and O–H groups in total. The lowest BCUT2D eigenvalue weighted by Gasteiger charge is -2.11.